The third kappa shape index (κ3) is 1.91. The van der Waals surface area contributed by atoms with Crippen LogP contribution in [0.2, 0.25) is 5.02 Å². The Bertz CT molecular complexity index is 638. The first-order chi connectivity index (χ1) is 8.41. The summed E-state index contributed by atoms with van der Waals surface area (Å²) in [6, 6.07) is 2.41. The van der Waals surface area contributed by atoms with E-state index >= 15 is 0 Å². The van der Waals surface area contributed by atoms with Gasteiger partial charge in [-0.15, -0.1) is 0 Å². The Morgan fingerprint density at radius 2 is 2.17 bits per heavy atom. The normalized spacial score (nSPS) is 10.6. The van der Waals surface area contributed by atoms with Gasteiger partial charge in [0.15, 0.2) is 11.6 Å². The number of rotatable bonds is 2. The number of halogens is 2. The van der Waals surface area contributed by atoms with E-state index in [9.17, 15) is 14.3 Å². The van der Waals surface area contributed by atoms with E-state index in [1.54, 1.807) is 6.92 Å². The number of carbonyl (C=O) groups is 1. The molecule has 7 heteroatoms. The van der Waals surface area contributed by atoms with Crippen LogP contribution in [0, 0.1) is 12.7 Å². The summed E-state index contributed by atoms with van der Waals surface area (Å²) in [7, 11) is 0. The largest absolute Gasteiger partial charge is 0.504 e. The molecule has 1 aromatic carbocycles. The smallest absolute Gasteiger partial charge is 0.374 e. The third-order valence-electron chi connectivity index (χ3n) is 2.36. The van der Waals surface area contributed by atoms with Crippen LogP contribution in [0.3, 0.4) is 0 Å². The van der Waals surface area contributed by atoms with E-state index in [1.165, 1.54) is 6.07 Å². The minimum atomic E-state index is -1.32. The summed E-state index contributed by atoms with van der Waals surface area (Å²) in [5, 5.41) is 21.5. The first-order valence-electron chi connectivity index (χ1n) is 4.79. The van der Waals surface area contributed by atoms with Gasteiger partial charge in [0.25, 0.3) is 0 Å². The van der Waals surface area contributed by atoms with Crippen molar-refractivity contribution in [2.75, 3.05) is 0 Å². The van der Waals surface area contributed by atoms with Gasteiger partial charge in [0.1, 0.15) is 5.69 Å². The number of carboxylic acid groups (broad SMARTS) is 1. The molecule has 0 amide bonds. The molecule has 0 aliphatic heterocycles. The van der Waals surface area contributed by atoms with Gasteiger partial charge in [-0.1, -0.05) is 16.8 Å². The predicted molar refractivity (Wildman–Crippen MR) is 60.3 cm³/mol. The van der Waals surface area contributed by atoms with Crippen LogP contribution in [0.25, 0.3) is 11.3 Å². The lowest BCUT2D eigenvalue weighted by atomic mass is 10.1. The first kappa shape index (κ1) is 12.4. The van der Waals surface area contributed by atoms with Gasteiger partial charge >= 0.3 is 5.97 Å². The number of phenolic OH excluding ortho intramolecular Hbond substituents is 1. The van der Waals surface area contributed by atoms with Crippen LogP contribution in [0.5, 0.6) is 5.75 Å². The van der Waals surface area contributed by atoms with Crippen LogP contribution in [-0.4, -0.2) is 21.3 Å². The molecule has 0 atom stereocenters. The number of hydrogen-bond acceptors (Lipinski definition) is 4. The fraction of sp³-hybridized carbons (Fsp3) is 0.0909. The maximum absolute atomic E-state index is 13.8. The number of aromatic nitrogens is 1. The molecule has 18 heavy (non-hydrogen) atoms. The lowest BCUT2D eigenvalue weighted by molar-refractivity contribution is 0.0652. The Morgan fingerprint density at radius 3 is 2.72 bits per heavy atom. The number of aryl methyl sites for hydroxylation is 1. The molecule has 5 nitrogen and oxygen atoms in total. The maximum atomic E-state index is 13.8. The predicted octanol–water partition coefficient (Wildman–Crippen LogP) is 2.85. The highest BCUT2D eigenvalue weighted by Gasteiger charge is 2.20. The summed E-state index contributed by atoms with van der Waals surface area (Å²) in [4.78, 5) is 10.6. The van der Waals surface area contributed by atoms with Crippen molar-refractivity contribution in [2.45, 2.75) is 6.92 Å². The molecule has 94 valence electrons. The molecular weight excluding hydrogens is 265 g/mol. The van der Waals surface area contributed by atoms with E-state index in [4.69, 9.17) is 16.7 Å². The highest BCUT2D eigenvalue weighted by molar-refractivity contribution is 6.32. The molecule has 0 spiro atoms. The Hall–Kier alpha value is -2.08. The van der Waals surface area contributed by atoms with E-state index in [-0.39, 0.29) is 16.3 Å². The number of aromatic carboxylic acids is 1. The van der Waals surface area contributed by atoms with Crippen molar-refractivity contribution < 1.29 is 23.9 Å². The fourth-order valence-corrected chi connectivity index (χ4v) is 1.58. The molecule has 0 fully saturated rings. The average Bonchev–Trinajstić information content (AvgIpc) is 2.80. The van der Waals surface area contributed by atoms with Crippen molar-refractivity contribution in [2.24, 2.45) is 0 Å². The molecule has 0 saturated heterocycles. The number of benzene rings is 1. The van der Waals surface area contributed by atoms with Gasteiger partial charge in [0, 0.05) is 11.6 Å². The van der Waals surface area contributed by atoms with Crippen LogP contribution in [-0.2, 0) is 0 Å². The van der Waals surface area contributed by atoms with Gasteiger partial charge in [-0.3, -0.25) is 0 Å². The van der Waals surface area contributed by atoms with Gasteiger partial charge < -0.3 is 14.7 Å². The minimum absolute atomic E-state index is 0.0278. The molecule has 2 rings (SSSR count). The van der Waals surface area contributed by atoms with E-state index < -0.39 is 23.3 Å². The van der Waals surface area contributed by atoms with Gasteiger partial charge in [-0.25, -0.2) is 9.18 Å². The summed E-state index contributed by atoms with van der Waals surface area (Å²) >= 11 is 5.67. The van der Waals surface area contributed by atoms with Crippen molar-refractivity contribution >= 4 is 17.6 Å². The summed E-state index contributed by atoms with van der Waals surface area (Å²) in [5.41, 5.74) is 0.330. The van der Waals surface area contributed by atoms with E-state index in [2.05, 4.69) is 9.68 Å². The highest BCUT2D eigenvalue weighted by atomic mass is 35.5. The Balaban J connectivity index is 2.60. The molecule has 0 aliphatic carbocycles. The Kier molecular flexibility index (Phi) is 2.96. The van der Waals surface area contributed by atoms with Crippen LogP contribution < -0.4 is 0 Å². The number of nitrogens with zero attached hydrogens (tertiary/aromatic N) is 1. The van der Waals surface area contributed by atoms with Crippen molar-refractivity contribution in [3.05, 3.63) is 34.3 Å². The fourth-order valence-electron chi connectivity index (χ4n) is 1.44. The van der Waals surface area contributed by atoms with E-state index in [0.29, 0.717) is 5.56 Å². The topological polar surface area (TPSA) is 83.6 Å². The van der Waals surface area contributed by atoms with Gasteiger partial charge in [0.2, 0.25) is 5.76 Å². The first-order valence-corrected chi connectivity index (χ1v) is 5.17. The number of phenols is 1. The van der Waals surface area contributed by atoms with Gasteiger partial charge in [-0.2, -0.15) is 0 Å². The quantitative estimate of drug-likeness (QED) is 0.877. The number of hydrogen-bond donors (Lipinski definition) is 2. The average molecular weight is 272 g/mol. The van der Waals surface area contributed by atoms with Crippen LogP contribution in [0.1, 0.15) is 16.1 Å². The summed E-state index contributed by atoms with van der Waals surface area (Å²) in [5.74, 6) is -3.41. The molecule has 2 N–H and O–H groups in total. The maximum Gasteiger partial charge on any atom is 0.374 e. The molecule has 1 heterocycles. The molecule has 1 aromatic heterocycles. The SMILES string of the molecule is Cc1cc(-c2cc(C(=O)O)on2)c(F)c(O)c1Cl. The van der Waals surface area contributed by atoms with Crippen LogP contribution in [0.15, 0.2) is 16.7 Å². The highest BCUT2D eigenvalue weighted by Crippen LogP contribution is 2.36. The summed E-state index contributed by atoms with van der Waals surface area (Å²) in [6.45, 7) is 1.57. The van der Waals surface area contributed by atoms with Crippen LogP contribution in [0.4, 0.5) is 4.39 Å². The van der Waals surface area contributed by atoms with Crippen molar-refractivity contribution in [1.82, 2.24) is 5.16 Å². The second kappa shape index (κ2) is 4.30. The Labute approximate surface area is 105 Å². The standard InChI is InChI=1S/C11H7ClFNO4/c1-4-2-5(9(13)10(15)8(4)12)6-3-7(11(16)17)18-14-6/h2-3,15H,1H3,(H,16,17). The lowest BCUT2D eigenvalue weighted by Gasteiger charge is -2.06. The third-order valence-corrected chi connectivity index (χ3v) is 2.83. The molecule has 0 radical (unpaired) electrons. The zero-order chi connectivity index (χ0) is 13.4. The molecule has 0 aliphatic rings. The second-order valence-corrected chi connectivity index (χ2v) is 3.98. The molecule has 0 bridgehead atoms. The monoisotopic (exact) mass is 271 g/mol. The number of carboxylic acids is 1. The zero-order valence-electron chi connectivity index (χ0n) is 9.07. The van der Waals surface area contributed by atoms with Crippen molar-refractivity contribution in [1.29, 1.82) is 0 Å². The molecular formula is C11H7ClFNO4. The van der Waals surface area contributed by atoms with Crippen molar-refractivity contribution in [3.8, 4) is 17.0 Å². The van der Waals surface area contributed by atoms with Crippen LogP contribution >= 0.6 is 11.6 Å². The molecule has 0 saturated carbocycles. The lowest BCUT2D eigenvalue weighted by Crippen LogP contribution is -1.92. The van der Waals surface area contributed by atoms with E-state index in [0.717, 1.165) is 6.07 Å². The second-order valence-electron chi connectivity index (χ2n) is 3.60. The molecule has 2 aromatic rings. The van der Waals surface area contributed by atoms with Gasteiger partial charge in [0.05, 0.1) is 5.02 Å². The van der Waals surface area contributed by atoms with E-state index in [1.807, 2.05) is 0 Å². The summed E-state index contributed by atoms with van der Waals surface area (Å²) in [6.07, 6.45) is 0. The zero-order valence-corrected chi connectivity index (χ0v) is 9.82. The molecule has 0 unspecified atom stereocenters. The Morgan fingerprint density at radius 1 is 1.50 bits per heavy atom. The summed E-state index contributed by atoms with van der Waals surface area (Å²) < 4.78 is 18.3. The van der Waals surface area contributed by atoms with Gasteiger partial charge in [-0.05, 0) is 18.6 Å². The van der Waals surface area contributed by atoms with Crippen molar-refractivity contribution in [3.63, 3.8) is 0 Å². The number of aromatic hydroxyl groups is 1. The minimum Gasteiger partial charge on any atom is -0.504 e.